The van der Waals surface area contributed by atoms with Crippen molar-refractivity contribution in [1.29, 1.82) is 0 Å². The monoisotopic (exact) mass is 502 g/mol. The van der Waals surface area contributed by atoms with Crippen LogP contribution >= 0.6 is 0 Å². The Labute approximate surface area is 214 Å². The predicted molar refractivity (Wildman–Crippen MR) is 135 cm³/mol. The van der Waals surface area contributed by atoms with Crippen LogP contribution in [0.5, 0.6) is 0 Å². The lowest BCUT2D eigenvalue weighted by atomic mass is 9.68. The summed E-state index contributed by atoms with van der Waals surface area (Å²) in [7, 11) is 0. The summed E-state index contributed by atoms with van der Waals surface area (Å²) in [6.45, 7) is 7.39. The number of nitrogens with zero attached hydrogens (tertiary/aromatic N) is 5. The van der Waals surface area contributed by atoms with Crippen LogP contribution in [0, 0.1) is 18.7 Å². The highest BCUT2D eigenvalue weighted by molar-refractivity contribution is 5.79. The van der Waals surface area contributed by atoms with Crippen molar-refractivity contribution in [3.63, 3.8) is 0 Å². The number of anilines is 1. The molecule has 1 aromatic carbocycles. The van der Waals surface area contributed by atoms with E-state index in [4.69, 9.17) is 14.8 Å². The number of carbonyl (C=O) groups is 1. The van der Waals surface area contributed by atoms with Crippen LogP contribution in [0.2, 0.25) is 0 Å². The van der Waals surface area contributed by atoms with Crippen molar-refractivity contribution in [3.05, 3.63) is 59.3 Å². The minimum absolute atomic E-state index is 0.00442. The molecule has 2 amide bonds. The van der Waals surface area contributed by atoms with Crippen LogP contribution < -0.4 is 10.2 Å². The Morgan fingerprint density at radius 1 is 1.19 bits per heavy atom. The van der Waals surface area contributed by atoms with Gasteiger partial charge in [0.15, 0.2) is 17.1 Å². The van der Waals surface area contributed by atoms with Crippen molar-refractivity contribution in [3.8, 4) is 0 Å². The first-order valence-corrected chi connectivity index (χ1v) is 13.4. The molecule has 4 atom stereocenters. The van der Waals surface area contributed by atoms with E-state index in [2.05, 4.69) is 36.3 Å². The molecule has 4 saturated heterocycles. The van der Waals surface area contributed by atoms with E-state index < -0.39 is 5.60 Å². The molecule has 3 aromatic rings. The normalized spacial score (nSPS) is 33.4. The van der Waals surface area contributed by atoms with Crippen LogP contribution in [0.25, 0.3) is 5.65 Å². The zero-order valence-corrected chi connectivity index (χ0v) is 21.2. The number of aromatic nitrogens is 3. The number of hydrogen-bond acceptors (Lipinski definition) is 5. The van der Waals surface area contributed by atoms with E-state index in [1.807, 2.05) is 15.5 Å². The van der Waals surface area contributed by atoms with E-state index >= 15 is 0 Å². The summed E-state index contributed by atoms with van der Waals surface area (Å²) in [5.74, 6) is 0.837. The number of halogens is 1. The van der Waals surface area contributed by atoms with E-state index in [0.29, 0.717) is 18.3 Å². The van der Waals surface area contributed by atoms with Crippen molar-refractivity contribution >= 4 is 17.4 Å². The fraction of sp³-hybridized carbons (Fsp3) is 0.536. The molecule has 3 unspecified atom stereocenters. The second-order valence-electron chi connectivity index (χ2n) is 12.3. The molecule has 8 nitrogen and oxygen atoms in total. The highest BCUT2D eigenvalue weighted by Crippen LogP contribution is 2.58. The number of amides is 2. The molecule has 2 bridgehead atoms. The molecule has 1 N–H and O–H groups in total. The van der Waals surface area contributed by atoms with Gasteiger partial charge in [-0.3, -0.25) is 0 Å². The molecule has 4 aliphatic heterocycles. The zero-order valence-electron chi connectivity index (χ0n) is 21.2. The quantitative estimate of drug-likeness (QED) is 0.591. The fourth-order valence-electron chi connectivity index (χ4n) is 7.35. The van der Waals surface area contributed by atoms with Gasteiger partial charge in [0.25, 0.3) is 0 Å². The van der Waals surface area contributed by atoms with Gasteiger partial charge in [-0.05, 0) is 61.9 Å². The van der Waals surface area contributed by atoms with Crippen molar-refractivity contribution < 1.29 is 13.9 Å². The number of nitrogens with one attached hydrogen (secondary N) is 1. The van der Waals surface area contributed by atoms with Crippen LogP contribution in [0.15, 0.2) is 36.5 Å². The third-order valence-electron chi connectivity index (χ3n) is 9.68. The largest absolute Gasteiger partial charge is 0.369 e. The van der Waals surface area contributed by atoms with Crippen LogP contribution in [0.4, 0.5) is 14.9 Å². The summed E-state index contributed by atoms with van der Waals surface area (Å²) in [5.41, 5.74) is 3.25. The molecule has 6 aliphatic rings. The van der Waals surface area contributed by atoms with Gasteiger partial charge in [0, 0.05) is 31.0 Å². The average Bonchev–Trinajstić information content (AvgIpc) is 3.38. The first kappa shape index (κ1) is 21.8. The van der Waals surface area contributed by atoms with Gasteiger partial charge < -0.3 is 19.9 Å². The maximum absolute atomic E-state index is 13.9. The molecule has 37 heavy (non-hydrogen) atoms. The second-order valence-corrected chi connectivity index (χ2v) is 12.3. The Morgan fingerprint density at radius 3 is 2.81 bits per heavy atom. The van der Waals surface area contributed by atoms with Crippen LogP contribution in [0.3, 0.4) is 0 Å². The third-order valence-corrected chi connectivity index (χ3v) is 9.68. The number of carbonyl (C=O) groups excluding carboxylic acids is 1. The van der Waals surface area contributed by atoms with Gasteiger partial charge in [-0.1, -0.05) is 19.1 Å². The van der Waals surface area contributed by atoms with E-state index in [9.17, 15) is 9.18 Å². The van der Waals surface area contributed by atoms with Crippen molar-refractivity contribution in [2.24, 2.45) is 5.92 Å². The molecular formula is C28H31FN6O2. The Morgan fingerprint density at radius 2 is 2.05 bits per heavy atom. The highest BCUT2D eigenvalue weighted by Gasteiger charge is 2.69. The topological polar surface area (TPSA) is 75.0 Å². The van der Waals surface area contributed by atoms with Crippen LogP contribution in [-0.2, 0) is 15.8 Å². The lowest BCUT2D eigenvalue weighted by Crippen LogP contribution is -2.60. The Bertz CT molecular complexity index is 1460. The average molecular weight is 503 g/mol. The van der Waals surface area contributed by atoms with E-state index in [1.165, 1.54) is 6.07 Å². The Kier molecular flexibility index (Phi) is 4.14. The minimum atomic E-state index is -0.620. The SMILES string of the molecule is Cc1cc(N2CC[C@](C)(c3cccc(F)c3)C2)cn2nc(C34CC(CO3)C4N3CC4(CC4)NC3=O)nc12. The summed E-state index contributed by atoms with van der Waals surface area (Å²) in [6.07, 6.45) is 5.98. The minimum Gasteiger partial charge on any atom is -0.369 e. The maximum atomic E-state index is 13.9. The standard InChI is InChI=1S/C28H31FN6O2/c1-17-10-21(33-9-8-26(2,15-33)19-4-3-5-20(29)11-19)13-35-23(17)30-24(32-35)28-12-18(14-37-28)22(28)34-16-27(6-7-27)31-25(34)36/h3-5,10-11,13,18,22H,6-9,12,14-16H2,1-2H3,(H,31,36)/t18?,22?,26-,28?/m0/s1. The molecule has 9 rings (SSSR count). The molecule has 2 aromatic heterocycles. The lowest BCUT2D eigenvalue weighted by molar-refractivity contribution is -0.0733. The number of urea groups is 1. The smallest absolute Gasteiger partial charge is 0.318 e. The van der Waals surface area contributed by atoms with Crippen molar-refractivity contribution in [2.45, 2.75) is 62.1 Å². The summed E-state index contributed by atoms with van der Waals surface area (Å²) in [5, 5.41) is 8.14. The maximum Gasteiger partial charge on any atom is 0.318 e. The number of hydrogen-bond donors (Lipinski definition) is 1. The first-order valence-electron chi connectivity index (χ1n) is 13.4. The molecule has 2 saturated carbocycles. The van der Waals surface area contributed by atoms with Gasteiger partial charge in [0.2, 0.25) is 0 Å². The summed E-state index contributed by atoms with van der Waals surface area (Å²) in [4.78, 5) is 22.2. The van der Waals surface area contributed by atoms with Crippen LogP contribution in [0.1, 0.15) is 49.6 Å². The number of ether oxygens (including phenoxy) is 1. The molecule has 9 heteroatoms. The lowest BCUT2D eigenvalue weighted by Gasteiger charge is -2.47. The van der Waals surface area contributed by atoms with E-state index in [1.54, 1.807) is 12.1 Å². The van der Waals surface area contributed by atoms with E-state index in [0.717, 1.165) is 67.8 Å². The van der Waals surface area contributed by atoms with Crippen molar-refractivity contribution in [2.75, 3.05) is 31.1 Å². The molecule has 0 radical (unpaired) electrons. The molecular weight excluding hydrogens is 471 g/mol. The van der Waals surface area contributed by atoms with Gasteiger partial charge in [-0.2, -0.15) is 0 Å². The van der Waals surface area contributed by atoms with Gasteiger partial charge in [-0.15, -0.1) is 5.10 Å². The first-order chi connectivity index (χ1) is 17.8. The number of rotatable bonds is 4. The Hall–Kier alpha value is -3.20. The number of aryl methyl sites for hydroxylation is 1. The van der Waals surface area contributed by atoms with Gasteiger partial charge in [0.1, 0.15) is 5.82 Å². The summed E-state index contributed by atoms with van der Waals surface area (Å²) < 4.78 is 22.2. The van der Waals surface area contributed by atoms with Crippen LogP contribution in [-0.4, -0.2) is 63.4 Å². The Balaban J connectivity index is 1.10. The predicted octanol–water partition coefficient (Wildman–Crippen LogP) is 3.52. The number of pyridine rings is 1. The summed E-state index contributed by atoms with van der Waals surface area (Å²) >= 11 is 0. The van der Waals surface area contributed by atoms with Gasteiger partial charge in [0.05, 0.1) is 30.1 Å². The van der Waals surface area contributed by atoms with Crippen molar-refractivity contribution in [1.82, 2.24) is 24.8 Å². The molecule has 192 valence electrons. The molecule has 6 heterocycles. The van der Waals surface area contributed by atoms with Gasteiger partial charge in [-0.25, -0.2) is 18.7 Å². The van der Waals surface area contributed by atoms with E-state index in [-0.39, 0.29) is 28.8 Å². The highest BCUT2D eigenvalue weighted by atomic mass is 19.1. The molecule has 2 aliphatic carbocycles. The fourth-order valence-corrected chi connectivity index (χ4v) is 7.35. The summed E-state index contributed by atoms with van der Waals surface area (Å²) in [6, 6.07) is 9.18. The molecule has 1 spiro atoms. The third kappa shape index (κ3) is 3.00. The molecule has 6 fully saturated rings. The second kappa shape index (κ2) is 7.01. The number of fused-ring (bicyclic) bond motifs is 2. The number of benzene rings is 1. The van der Waals surface area contributed by atoms with Gasteiger partial charge >= 0.3 is 6.03 Å². The zero-order chi connectivity index (χ0) is 25.2.